The average molecular weight is 363 g/mol. The van der Waals surface area contributed by atoms with Crippen LogP contribution in [0.25, 0.3) is 5.69 Å². The molecule has 0 N–H and O–H groups in total. The molecule has 8 nitrogen and oxygen atoms in total. The molecular weight excluding hydrogens is 342 g/mol. The van der Waals surface area contributed by atoms with E-state index in [1.807, 2.05) is 7.05 Å². The van der Waals surface area contributed by atoms with Gasteiger partial charge in [-0.3, -0.25) is 4.79 Å². The third kappa shape index (κ3) is 4.22. The average Bonchev–Trinajstić information content (AvgIpc) is 3.32. The maximum absolute atomic E-state index is 12.3. The van der Waals surface area contributed by atoms with Crippen molar-refractivity contribution in [3.05, 3.63) is 18.2 Å². The molecule has 1 fully saturated rings. The van der Waals surface area contributed by atoms with Crippen LogP contribution in [0.4, 0.5) is 0 Å². The number of ether oxygens (including phenoxy) is 2. The highest BCUT2D eigenvalue weighted by Gasteiger charge is 2.25. The van der Waals surface area contributed by atoms with Crippen LogP contribution in [-0.2, 0) is 4.79 Å². The first kappa shape index (κ1) is 17.5. The second-order valence-electron chi connectivity index (χ2n) is 5.92. The van der Waals surface area contributed by atoms with E-state index in [4.69, 9.17) is 9.47 Å². The van der Waals surface area contributed by atoms with E-state index in [-0.39, 0.29) is 11.7 Å². The van der Waals surface area contributed by atoms with E-state index in [1.165, 1.54) is 24.6 Å². The Bertz CT molecular complexity index is 747. The molecular formula is C16H21N5O3S. The second kappa shape index (κ2) is 7.73. The zero-order valence-electron chi connectivity index (χ0n) is 14.5. The summed E-state index contributed by atoms with van der Waals surface area (Å²) in [6.45, 7) is 0.827. The van der Waals surface area contributed by atoms with Gasteiger partial charge in [0.25, 0.3) is 0 Å². The summed E-state index contributed by atoms with van der Waals surface area (Å²) in [5, 5.41) is 12.3. The summed E-state index contributed by atoms with van der Waals surface area (Å²) in [6.07, 6.45) is 2.44. The van der Waals surface area contributed by atoms with Crippen LogP contribution >= 0.6 is 11.8 Å². The lowest BCUT2D eigenvalue weighted by atomic mass is 10.3. The number of carbonyl (C=O) groups is 1. The monoisotopic (exact) mass is 363 g/mol. The number of carbonyl (C=O) groups excluding carboxylic acids is 1. The van der Waals surface area contributed by atoms with Crippen molar-refractivity contribution in [1.29, 1.82) is 0 Å². The van der Waals surface area contributed by atoms with E-state index in [2.05, 4.69) is 15.5 Å². The van der Waals surface area contributed by atoms with Gasteiger partial charge in [0, 0.05) is 19.7 Å². The highest BCUT2D eigenvalue weighted by atomic mass is 32.2. The van der Waals surface area contributed by atoms with Crippen molar-refractivity contribution in [2.75, 3.05) is 33.6 Å². The van der Waals surface area contributed by atoms with Gasteiger partial charge in [-0.05, 0) is 41.3 Å². The lowest BCUT2D eigenvalue weighted by molar-refractivity contribution is -0.127. The number of hydrogen-bond acceptors (Lipinski definition) is 7. The number of nitrogens with zero attached hydrogens (tertiary/aromatic N) is 5. The number of benzene rings is 1. The van der Waals surface area contributed by atoms with Gasteiger partial charge >= 0.3 is 0 Å². The first-order chi connectivity index (χ1) is 12.1. The van der Waals surface area contributed by atoms with Crippen molar-refractivity contribution in [3.8, 4) is 17.2 Å². The molecule has 0 radical (unpaired) electrons. The summed E-state index contributed by atoms with van der Waals surface area (Å²) in [7, 11) is 5.02. The van der Waals surface area contributed by atoms with Crippen molar-refractivity contribution in [1.82, 2.24) is 25.1 Å². The van der Waals surface area contributed by atoms with Crippen molar-refractivity contribution in [2.24, 2.45) is 5.92 Å². The molecule has 134 valence electrons. The fraction of sp³-hybridized carbons (Fsp3) is 0.500. The zero-order chi connectivity index (χ0) is 17.8. The third-order valence-electron chi connectivity index (χ3n) is 4.03. The Morgan fingerprint density at radius 1 is 1.36 bits per heavy atom. The third-order valence-corrected chi connectivity index (χ3v) is 4.94. The Kier molecular flexibility index (Phi) is 5.42. The topological polar surface area (TPSA) is 82.4 Å². The Hall–Kier alpha value is -2.29. The summed E-state index contributed by atoms with van der Waals surface area (Å²) < 4.78 is 12.2. The molecule has 0 spiro atoms. The van der Waals surface area contributed by atoms with Crippen LogP contribution in [-0.4, -0.2) is 64.6 Å². The number of aromatic nitrogens is 4. The first-order valence-electron chi connectivity index (χ1n) is 8.00. The Morgan fingerprint density at radius 2 is 2.16 bits per heavy atom. The molecule has 3 rings (SSSR count). The van der Waals surface area contributed by atoms with E-state index < -0.39 is 0 Å². The minimum Gasteiger partial charge on any atom is -0.497 e. The van der Waals surface area contributed by atoms with Gasteiger partial charge in [0.1, 0.15) is 17.2 Å². The molecule has 0 saturated heterocycles. The van der Waals surface area contributed by atoms with Crippen molar-refractivity contribution in [3.63, 3.8) is 0 Å². The summed E-state index contributed by atoms with van der Waals surface area (Å²) in [5.41, 5.74) is 0.660. The van der Waals surface area contributed by atoms with Crippen LogP contribution < -0.4 is 9.47 Å². The van der Waals surface area contributed by atoms with Crippen molar-refractivity contribution >= 4 is 17.7 Å². The summed E-state index contributed by atoms with van der Waals surface area (Å²) in [4.78, 5) is 14.0. The number of tetrazole rings is 1. The fourth-order valence-electron chi connectivity index (χ4n) is 2.41. The van der Waals surface area contributed by atoms with Gasteiger partial charge in [-0.1, -0.05) is 11.8 Å². The van der Waals surface area contributed by atoms with Crippen LogP contribution in [0.2, 0.25) is 0 Å². The highest BCUT2D eigenvalue weighted by Crippen LogP contribution is 2.31. The number of amides is 1. The van der Waals surface area contributed by atoms with Gasteiger partial charge in [0.2, 0.25) is 11.1 Å². The van der Waals surface area contributed by atoms with Crippen LogP contribution in [0.3, 0.4) is 0 Å². The molecule has 1 aromatic carbocycles. The van der Waals surface area contributed by atoms with E-state index >= 15 is 0 Å². The van der Waals surface area contributed by atoms with Crippen LogP contribution in [0.1, 0.15) is 12.8 Å². The summed E-state index contributed by atoms with van der Waals surface area (Å²) in [5.74, 6) is 2.32. The van der Waals surface area contributed by atoms with Gasteiger partial charge in [-0.25, -0.2) is 0 Å². The van der Waals surface area contributed by atoms with Gasteiger partial charge in [0.05, 0.1) is 20.0 Å². The minimum atomic E-state index is 0.0732. The summed E-state index contributed by atoms with van der Waals surface area (Å²) in [6, 6.07) is 5.38. The van der Waals surface area contributed by atoms with Crippen molar-refractivity contribution in [2.45, 2.75) is 18.0 Å². The van der Waals surface area contributed by atoms with Crippen LogP contribution in [0, 0.1) is 5.92 Å². The van der Waals surface area contributed by atoms with E-state index in [0.717, 1.165) is 6.54 Å². The zero-order valence-corrected chi connectivity index (χ0v) is 15.3. The van der Waals surface area contributed by atoms with Gasteiger partial charge in [0.15, 0.2) is 0 Å². The quantitative estimate of drug-likeness (QED) is 0.659. The Balaban J connectivity index is 1.73. The van der Waals surface area contributed by atoms with Crippen molar-refractivity contribution < 1.29 is 14.3 Å². The minimum absolute atomic E-state index is 0.0732. The molecule has 9 heteroatoms. The fourth-order valence-corrected chi connectivity index (χ4v) is 3.23. The molecule has 1 saturated carbocycles. The molecule has 2 aromatic rings. The highest BCUT2D eigenvalue weighted by molar-refractivity contribution is 7.99. The largest absolute Gasteiger partial charge is 0.497 e. The Labute approximate surface area is 150 Å². The lowest BCUT2D eigenvalue weighted by Gasteiger charge is -2.16. The molecule has 0 unspecified atom stereocenters. The molecule has 0 aliphatic heterocycles. The molecule has 0 atom stereocenters. The van der Waals surface area contributed by atoms with Gasteiger partial charge in [-0.2, -0.15) is 4.68 Å². The van der Waals surface area contributed by atoms with Crippen LogP contribution in [0.15, 0.2) is 23.4 Å². The number of thioether (sulfide) groups is 1. The lowest BCUT2D eigenvalue weighted by Crippen LogP contribution is -2.30. The predicted molar refractivity (Wildman–Crippen MR) is 93.3 cm³/mol. The molecule has 1 aliphatic rings. The maximum Gasteiger partial charge on any atom is 0.232 e. The smallest absolute Gasteiger partial charge is 0.232 e. The standard InChI is InChI=1S/C16H21N5O3S/c1-20(9-11-4-5-11)15(22)10-25-16-17-18-19-21(16)13-8-12(23-2)6-7-14(13)24-3/h6-8,11H,4-5,9-10H2,1-3H3. The number of rotatable bonds is 8. The summed E-state index contributed by atoms with van der Waals surface area (Å²) >= 11 is 1.30. The predicted octanol–water partition coefficient (Wildman–Crippen LogP) is 1.64. The van der Waals surface area contributed by atoms with Crippen LogP contribution in [0.5, 0.6) is 11.5 Å². The number of hydrogen-bond donors (Lipinski definition) is 0. The molecule has 1 heterocycles. The molecule has 25 heavy (non-hydrogen) atoms. The molecule has 1 aromatic heterocycles. The normalized spacial score (nSPS) is 13.6. The van der Waals surface area contributed by atoms with E-state index in [1.54, 1.807) is 42.0 Å². The maximum atomic E-state index is 12.3. The molecule has 1 aliphatic carbocycles. The van der Waals surface area contributed by atoms with E-state index in [0.29, 0.717) is 28.3 Å². The Morgan fingerprint density at radius 3 is 2.84 bits per heavy atom. The van der Waals surface area contributed by atoms with E-state index in [9.17, 15) is 4.79 Å². The molecule has 0 bridgehead atoms. The van der Waals surface area contributed by atoms with Gasteiger partial charge < -0.3 is 14.4 Å². The SMILES string of the molecule is COc1ccc(OC)c(-n2nnnc2SCC(=O)N(C)CC2CC2)c1. The number of methoxy groups -OCH3 is 2. The van der Waals surface area contributed by atoms with Gasteiger partial charge in [-0.15, -0.1) is 5.10 Å². The first-order valence-corrected chi connectivity index (χ1v) is 8.98. The second-order valence-corrected chi connectivity index (χ2v) is 6.86. The molecule has 1 amide bonds.